The van der Waals surface area contributed by atoms with Crippen molar-refractivity contribution in [3.8, 4) is 11.5 Å². The van der Waals surface area contributed by atoms with Crippen LogP contribution < -0.4 is 20.1 Å². The van der Waals surface area contributed by atoms with Crippen molar-refractivity contribution in [2.75, 3.05) is 33.9 Å². The normalized spacial score (nSPS) is 21.8. The molecule has 1 spiro atoms. The van der Waals surface area contributed by atoms with Gasteiger partial charge in [0.1, 0.15) is 11.5 Å². The molecule has 2 aliphatic rings. The first-order valence-corrected chi connectivity index (χ1v) is 8.03. The van der Waals surface area contributed by atoms with E-state index in [9.17, 15) is 4.79 Å². The van der Waals surface area contributed by atoms with E-state index in [1.165, 1.54) is 0 Å². The van der Waals surface area contributed by atoms with Crippen LogP contribution in [0.25, 0.3) is 0 Å². The van der Waals surface area contributed by atoms with E-state index >= 15 is 0 Å². The first kappa shape index (κ1) is 18.8. The molecule has 2 N–H and O–H groups in total. The Balaban J connectivity index is 0.00000208. The molecule has 0 bridgehead atoms. The Morgan fingerprint density at radius 1 is 1.29 bits per heavy atom. The minimum Gasteiger partial charge on any atom is -0.497 e. The molecule has 2 aliphatic heterocycles. The lowest BCUT2D eigenvalue weighted by Gasteiger charge is -2.32. The standard InChI is InChI=1S/C17H24N2O4.ClH/c1-21-13-3-4-15(22-2)14(9-13)16(20)19-12-10-17(23-11-12)5-7-18-8-6-17;/h3-4,9,12,18H,5-8,10-11H2,1-2H3,(H,19,20);1H. The number of methoxy groups -OCH3 is 2. The average Bonchev–Trinajstić information content (AvgIpc) is 2.96. The second-order valence-corrected chi connectivity index (χ2v) is 6.18. The number of halogens is 1. The summed E-state index contributed by atoms with van der Waals surface area (Å²) < 4.78 is 16.5. The summed E-state index contributed by atoms with van der Waals surface area (Å²) in [5.74, 6) is 1.02. The van der Waals surface area contributed by atoms with Gasteiger partial charge in [-0.05, 0) is 50.6 Å². The monoisotopic (exact) mass is 356 g/mol. The second kappa shape index (κ2) is 8.05. The van der Waals surface area contributed by atoms with Crippen molar-refractivity contribution in [2.24, 2.45) is 0 Å². The maximum atomic E-state index is 12.6. The Bertz CT molecular complexity index is 576. The van der Waals surface area contributed by atoms with Crippen LogP contribution in [-0.4, -0.2) is 51.5 Å². The molecule has 7 heteroatoms. The van der Waals surface area contributed by atoms with Gasteiger partial charge in [0.05, 0.1) is 38.0 Å². The maximum absolute atomic E-state index is 12.6. The van der Waals surface area contributed by atoms with Gasteiger partial charge in [-0.25, -0.2) is 0 Å². The summed E-state index contributed by atoms with van der Waals surface area (Å²) in [4.78, 5) is 12.6. The fourth-order valence-electron chi connectivity index (χ4n) is 3.42. The smallest absolute Gasteiger partial charge is 0.255 e. The number of carbonyl (C=O) groups is 1. The number of hydrogen-bond donors (Lipinski definition) is 2. The van der Waals surface area contributed by atoms with Crippen molar-refractivity contribution in [1.82, 2.24) is 10.6 Å². The van der Waals surface area contributed by atoms with E-state index in [0.717, 1.165) is 32.4 Å². The van der Waals surface area contributed by atoms with Crippen LogP contribution >= 0.6 is 12.4 Å². The van der Waals surface area contributed by atoms with E-state index < -0.39 is 0 Å². The number of rotatable bonds is 4. The third-order valence-electron chi connectivity index (χ3n) is 4.71. The predicted molar refractivity (Wildman–Crippen MR) is 93.5 cm³/mol. The summed E-state index contributed by atoms with van der Waals surface area (Å²) in [6.45, 7) is 2.52. The first-order chi connectivity index (χ1) is 11.2. The van der Waals surface area contributed by atoms with Crippen LogP contribution in [0.2, 0.25) is 0 Å². The van der Waals surface area contributed by atoms with E-state index in [1.54, 1.807) is 32.4 Å². The zero-order valence-corrected chi connectivity index (χ0v) is 14.9. The van der Waals surface area contributed by atoms with Crippen LogP contribution in [0.3, 0.4) is 0 Å². The molecule has 0 aliphatic carbocycles. The Morgan fingerprint density at radius 2 is 2.04 bits per heavy atom. The minimum absolute atomic E-state index is 0. The summed E-state index contributed by atoms with van der Waals surface area (Å²) in [5, 5.41) is 6.42. The molecule has 0 radical (unpaired) electrons. The summed E-state index contributed by atoms with van der Waals surface area (Å²) in [5.41, 5.74) is 0.417. The highest BCUT2D eigenvalue weighted by Crippen LogP contribution is 2.34. The molecule has 1 atom stereocenters. The van der Waals surface area contributed by atoms with Crippen molar-refractivity contribution >= 4 is 18.3 Å². The van der Waals surface area contributed by atoms with Gasteiger partial charge in [-0.3, -0.25) is 4.79 Å². The molecular formula is C17H25ClN2O4. The average molecular weight is 357 g/mol. The van der Waals surface area contributed by atoms with Gasteiger partial charge in [0, 0.05) is 0 Å². The van der Waals surface area contributed by atoms with Gasteiger partial charge in [0.25, 0.3) is 5.91 Å². The van der Waals surface area contributed by atoms with Crippen LogP contribution in [0.4, 0.5) is 0 Å². The van der Waals surface area contributed by atoms with Crippen molar-refractivity contribution in [2.45, 2.75) is 30.9 Å². The van der Waals surface area contributed by atoms with E-state index in [1.807, 2.05) is 0 Å². The third kappa shape index (κ3) is 3.94. The van der Waals surface area contributed by atoms with Crippen molar-refractivity contribution in [3.05, 3.63) is 23.8 Å². The van der Waals surface area contributed by atoms with Crippen molar-refractivity contribution in [3.63, 3.8) is 0 Å². The minimum atomic E-state index is -0.152. The van der Waals surface area contributed by atoms with Gasteiger partial charge in [0.15, 0.2) is 0 Å². The lowest BCUT2D eigenvalue weighted by molar-refractivity contribution is -0.0194. The molecular weight excluding hydrogens is 332 g/mol. The molecule has 134 valence electrons. The zero-order valence-electron chi connectivity index (χ0n) is 14.1. The van der Waals surface area contributed by atoms with E-state index in [0.29, 0.717) is 23.7 Å². The van der Waals surface area contributed by atoms with Crippen LogP contribution in [-0.2, 0) is 4.74 Å². The molecule has 24 heavy (non-hydrogen) atoms. The molecule has 1 unspecified atom stereocenters. The lowest BCUT2D eigenvalue weighted by atomic mass is 9.88. The largest absolute Gasteiger partial charge is 0.497 e. The Kier molecular flexibility index (Phi) is 6.32. The van der Waals surface area contributed by atoms with E-state index in [2.05, 4.69) is 10.6 Å². The molecule has 1 aromatic carbocycles. The van der Waals surface area contributed by atoms with Crippen LogP contribution in [0, 0.1) is 0 Å². The van der Waals surface area contributed by atoms with Gasteiger partial charge < -0.3 is 24.8 Å². The first-order valence-electron chi connectivity index (χ1n) is 8.03. The van der Waals surface area contributed by atoms with E-state index in [4.69, 9.17) is 14.2 Å². The zero-order chi connectivity index (χ0) is 16.3. The number of amides is 1. The molecule has 0 saturated carbocycles. The highest BCUT2D eigenvalue weighted by molar-refractivity contribution is 5.97. The number of nitrogens with one attached hydrogen (secondary N) is 2. The van der Waals surface area contributed by atoms with Gasteiger partial charge in [0.2, 0.25) is 0 Å². The maximum Gasteiger partial charge on any atom is 0.255 e. The number of hydrogen-bond acceptors (Lipinski definition) is 5. The van der Waals surface area contributed by atoms with Gasteiger partial charge in [-0.15, -0.1) is 12.4 Å². The fraction of sp³-hybridized carbons (Fsp3) is 0.588. The molecule has 6 nitrogen and oxygen atoms in total. The molecule has 1 aromatic rings. The SMILES string of the molecule is COc1ccc(OC)c(C(=O)NC2COC3(CCNCC3)C2)c1.Cl. The summed E-state index contributed by atoms with van der Waals surface area (Å²) in [6.07, 6.45) is 2.87. The molecule has 2 saturated heterocycles. The number of ether oxygens (including phenoxy) is 3. The topological polar surface area (TPSA) is 68.8 Å². The Hall–Kier alpha value is -1.50. The molecule has 2 fully saturated rings. The number of carbonyl (C=O) groups excluding carboxylic acids is 1. The second-order valence-electron chi connectivity index (χ2n) is 6.18. The number of piperidine rings is 1. The summed E-state index contributed by atoms with van der Waals surface area (Å²) >= 11 is 0. The quantitative estimate of drug-likeness (QED) is 0.860. The fourth-order valence-corrected chi connectivity index (χ4v) is 3.42. The van der Waals surface area contributed by atoms with Gasteiger partial charge >= 0.3 is 0 Å². The van der Waals surface area contributed by atoms with Crippen molar-refractivity contribution < 1.29 is 19.0 Å². The van der Waals surface area contributed by atoms with Gasteiger partial charge in [-0.2, -0.15) is 0 Å². The Morgan fingerprint density at radius 3 is 2.71 bits per heavy atom. The highest BCUT2D eigenvalue weighted by atomic mass is 35.5. The predicted octanol–water partition coefficient (Wildman–Crippen LogP) is 1.77. The van der Waals surface area contributed by atoms with Crippen LogP contribution in [0.1, 0.15) is 29.6 Å². The van der Waals surface area contributed by atoms with Gasteiger partial charge in [-0.1, -0.05) is 0 Å². The summed E-state index contributed by atoms with van der Waals surface area (Å²) in [7, 11) is 3.14. The van der Waals surface area contributed by atoms with Crippen LogP contribution in [0.5, 0.6) is 11.5 Å². The van der Waals surface area contributed by atoms with E-state index in [-0.39, 0.29) is 30.0 Å². The highest BCUT2D eigenvalue weighted by Gasteiger charge is 2.41. The van der Waals surface area contributed by atoms with Crippen molar-refractivity contribution in [1.29, 1.82) is 0 Å². The summed E-state index contributed by atoms with van der Waals surface area (Å²) in [6, 6.07) is 5.26. The Labute approximate surface area is 148 Å². The lowest BCUT2D eigenvalue weighted by Crippen LogP contribution is -2.43. The molecule has 2 heterocycles. The molecule has 1 amide bonds. The molecule has 3 rings (SSSR count). The number of benzene rings is 1. The van der Waals surface area contributed by atoms with Crippen LogP contribution in [0.15, 0.2) is 18.2 Å². The molecule has 0 aromatic heterocycles. The third-order valence-corrected chi connectivity index (χ3v) is 4.71.